The van der Waals surface area contributed by atoms with E-state index in [1.165, 1.54) is 16.7 Å². The molecule has 0 fully saturated rings. The fraction of sp³-hybridized carbons (Fsp3) is 0.312. The lowest BCUT2D eigenvalue weighted by molar-refractivity contribution is 0.101. The number of pyridine rings is 1. The molecule has 6 heteroatoms. The van der Waals surface area contributed by atoms with E-state index in [4.69, 9.17) is 11.1 Å². The van der Waals surface area contributed by atoms with Crippen LogP contribution in [0.3, 0.4) is 0 Å². The van der Waals surface area contributed by atoms with Crippen LogP contribution in [0, 0.1) is 5.41 Å². The summed E-state index contributed by atoms with van der Waals surface area (Å²) in [7, 11) is 0. The molecular weight excluding hydrogens is 296 g/mol. The van der Waals surface area contributed by atoms with Gasteiger partial charge in [-0.25, -0.2) is 4.98 Å². The summed E-state index contributed by atoms with van der Waals surface area (Å²) in [5.41, 5.74) is 9.55. The molecule has 0 bridgehead atoms. The minimum atomic E-state index is 0.157. The van der Waals surface area contributed by atoms with Crippen molar-refractivity contribution in [2.75, 3.05) is 12.3 Å². The van der Waals surface area contributed by atoms with Crippen LogP contribution in [0.5, 0.6) is 0 Å². The summed E-state index contributed by atoms with van der Waals surface area (Å²) in [5.74, 6) is 0.549. The van der Waals surface area contributed by atoms with E-state index in [1.807, 2.05) is 11.4 Å². The summed E-state index contributed by atoms with van der Waals surface area (Å²) < 4.78 is 0. The summed E-state index contributed by atoms with van der Waals surface area (Å²) >= 11 is 1.67. The molecule has 0 unspecified atom stereocenters. The zero-order valence-corrected chi connectivity index (χ0v) is 13.2. The number of nitrogens with zero attached hydrogens (tertiary/aromatic N) is 2. The number of carbonyl (C=O) groups is 1. The summed E-state index contributed by atoms with van der Waals surface area (Å²) in [6, 6.07) is 1.92. The number of nitrogen functional groups attached to an aromatic ring is 1. The van der Waals surface area contributed by atoms with E-state index < -0.39 is 0 Å². The first-order valence-electron chi connectivity index (χ1n) is 7.16. The highest BCUT2D eigenvalue weighted by molar-refractivity contribution is 7.10. The molecule has 3 rings (SSSR count). The van der Waals surface area contributed by atoms with Crippen molar-refractivity contribution < 1.29 is 4.79 Å². The van der Waals surface area contributed by atoms with Gasteiger partial charge in [-0.1, -0.05) is 0 Å². The number of ketones is 1. The van der Waals surface area contributed by atoms with Crippen LogP contribution in [0.4, 0.5) is 5.82 Å². The molecule has 3 N–H and O–H groups in total. The first-order chi connectivity index (χ1) is 10.6. The Labute approximate surface area is 133 Å². The van der Waals surface area contributed by atoms with Gasteiger partial charge in [-0.2, -0.15) is 0 Å². The van der Waals surface area contributed by atoms with Crippen molar-refractivity contribution in [3.05, 3.63) is 44.8 Å². The minimum Gasteiger partial charge on any atom is -0.383 e. The van der Waals surface area contributed by atoms with Crippen LogP contribution in [0.1, 0.15) is 38.8 Å². The van der Waals surface area contributed by atoms with Gasteiger partial charge in [-0.15, -0.1) is 11.3 Å². The molecule has 2 aromatic heterocycles. The molecule has 0 saturated heterocycles. The van der Waals surface area contributed by atoms with Crippen molar-refractivity contribution >= 4 is 29.2 Å². The average Bonchev–Trinajstić information content (AvgIpc) is 2.92. The van der Waals surface area contributed by atoms with E-state index in [-0.39, 0.29) is 5.78 Å². The lowest BCUT2D eigenvalue weighted by Crippen LogP contribution is -2.29. The molecule has 114 valence electrons. The predicted molar refractivity (Wildman–Crippen MR) is 88.7 cm³/mol. The number of hydrogen-bond acceptors (Lipinski definition) is 6. The zero-order chi connectivity index (χ0) is 15.7. The lowest BCUT2D eigenvalue weighted by Gasteiger charge is -2.27. The number of Topliss-reactive ketones (excluding diaryl/α,β-unsaturated/α-hetero) is 1. The Morgan fingerprint density at radius 1 is 1.59 bits per heavy atom. The minimum absolute atomic E-state index is 0.157. The third-order valence-corrected chi connectivity index (χ3v) is 4.99. The van der Waals surface area contributed by atoms with Crippen molar-refractivity contribution in [2.45, 2.75) is 26.4 Å². The number of hydrogen-bond donors (Lipinski definition) is 2. The van der Waals surface area contributed by atoms with E-state index in [0.717, 1.165) is 37.2 Å². The highest BCUT2D eigenvalue weighted by atomic mass is 32.1. The van der Waals surface area contributed by atoms with Gasteiger partial charge in [-0.05, 0) is 30.5 Å². The van der Waals surface area contributed by atoms with Gasteiger partial charge < -0.3 is 11.1 Å². The molecule has 0 atom stereocenters. The van der Waals surface area contributed by atoms with E-state index in [9.17, 15) is 4.79 Å². The third-order valence-electron chi connectivity index (χ3n) is 3.97. The van der Waals surface area contributed by atoms with Crippen LogP contribution in [0.25, 0.3) is 0 Å². The van der Waals surface area contributed by atoms with Gasteiger partial charge in [0.05, 0.1) is 0 Å². The maximum absolute atomic E-state index is 11.6. The third kappa shape index (κ3) is 2.80. The summed E-state index contributed by atoms with van der Waals surface area (Å²) in [6.45, 7) is 4.19. The van der Waals surface area contributed by atoms with Crippen LogP contribution >= 0.6 is 11.3 Å². The summed E-state index contributed by atoms with van der Waals surface area (Å²) in [4.78, 5) is 19.4. The molecule has 5 nitrogen and oxygen atoms in total. The molecule has 2 aromatic rings. The van der Waals surface area contributed by atoms with Gasteiger partial charge >= 0.3 is 0 Å². The Kier molecular flexibility index (Phi) is 4.04. The molecular formula is C16H18N4OS. The normalized spacial score (nSPS) is 14.6. The smallest absolute Gasteiger partial charge is 0.160 e. The van der Waals surface area contributed by atoms with Crippen LogP contribution in [0.2, 0.25) is 0 Å². The number of nitrogens with two attached hydrogens (primary N) is 1. The van der Waals surface area contributed by atoms with Gasteiger partial charge in [0.1, 0.15) is 5.82 Å². The molecule has 0 saturated carbocycles. The second-order valence-corrected chi connectivity index (χ2v) is 6.49. The number of thiophene rings is 1. The van der Waals surface area contributed by atoms with Crippen molar-refractivity contribution in [1.82, 2.24) is 9.88 Å². The number of aromatic nitrogens is 1. The van der Waals surface area contributed by atoms with Crippen molar-refractivity contribution in [2.24, 2.45) is 0 Å². The number of rotatable bonds is 4. The Morgan fingerprint density at radius 2 is 2.41 bits per heavy atom. The highest BCUT2D eigenvalue weighted by Crippen LogP contribution is 2.29. The topological polar surface area (TPSA) is 83.1 Å². The van der Waals surface area contributed by atoms with Crippen LogP contribution in [-0.2, 0) is 19.5 Å². The Balaban J connectivity index is 1.75. The number of fused-ring (bicyclic) bond motifs is 1. The van der Waals surface area contributed by atoms with Gasteiger partial charge in [0.25, 0.3) is 0 Å². The summed E-state index contributed by atoms with van der Waals surface area (Å²) in [5, 5.41) is 9.33. The van der Waals surface area contributed by atoms with Crippen LogP contribution in [0.15, 0.2) is 17.6 Å². The Hall–Kier alpha value is -2.05. The van der Waals surface area contributed by atoms with Gasteiger partial charge in [0.2, 0.25) is 0 Å². The average molecular weight is 314 g/mol. The lowest BCUT2D eigenvalue weighted by atomic mass is 10.0. The van der Waals surface area contributed by atoms with Gasteiger partial charge in [0, 0.05) is 53.4 Å². The second-order valence-electron chi connectivity index (χ2n) is 5.53. The van der Waals surface area contributed by atoms with E-state index >= 15 is 0 Å². The van der Waals surface area contributed by atoms with E-state index in [1.54, 1.807) is 24.5 Å². The highest BCUT2D eigenvalue weighted by Gasteiger charge is 2.22. The maximum Gasteiger partial charge on any atom is 0.160 e. The Morgan fingerprint density at radius 3 is 3.14 bits per heavy atom. The molecule has 1 aliphatic rings. The molecule has 0 aliphatic carbocycles. The quantitative estimate of drug-likeness (QED) is 0.671. The maximum atomic E-state index is 11.6. The standard InChI is InChI=1S/C16H18N4OS/c1-10(21)14-9-22-15-8-20(3-2-13(14)15)7-11-4-12(5-17)16(18)19-6-11/h4-6,9,17H,2-3,7-8H2,1H3,(H2,18,19). The van der Waals surface area contributed by atoms with Crippen molar-refractivity contribution in [3.8, 4) is 0 Å². The predicted octanol–water partition coefficient (Wildman–Crippen LogP) is 2.48. The first kappa shape index (κ1) is 14.9. The van der Waals surface area contributed by atoms with E-state index in [0.29, 0.717) is 11.4 Å². The monoisotopic (exact) mass is 314 g/mol. The number of carbonyl (C=O) groups excluding carboxylic acids is 1. The largest absolute Gasteiger partial charge is 0.383 e. The number of nitrogens with one attached hydrogen (secondary N) is 1. The summed E-state index contributed by atoms with van der Waals surface area (Å²) in [6.07, 6.45) is 3.92. The second kappa shape index (κ2) is 5.98. The molecule has 0 aromatic carbocycles. The molecule has 22 heavy (non-hydrogen) atoms. The van der Waals surface area contributed by atoms with Crippen LogP contribution < -0.4 is 5.73 Å². The SMILES string of the molecule is CC(=O)c1csc2c1CCN(Cc1cnc(N)c(C=N)c1)C2. The zero-order valence-electron chi connectivity index (χ0n) is 12.4. The molecule has 0 radical (unpaired) electrons. The molecule has 1 aliphatic heterocycles. The van der Waals surface area contributed by atoms with Crippen LogP contribution in [-0.4, -0.2) is 28.4 Å². The molecule has 3 heterocycles. The fourth-order valence-electron chi connectivity index (χ4n) is 2.81. The van der Waals surface area contributed by atoms with Gasteiger partial charge in [0.15, 0.2) is 5.78 Å². The number of anilines is 1. The first-order valence-corrected chi connectivity index (χ1v) is 8.04. The van der Waals surface area contributed by atoms with Gasteiger partial charge in [-0.3, -0.25) is 9.69 Å². The van der Waals surface area contributed by atoms with Crippen molar-refractivity contribution in [1.29, 1.82) is 5.41 Å². The Bertz CT molecular complexity index is 738. The van der Waals surface area contributed by atoms with E-state index in [2.05, 4.69) is 9.88 Å². The molecule has 0 amide bonds. The van der Waals surface area contributed by atoms with Crippen molar-refractivity contribution in [3.63, 3.8) is 0 Å². The fourth-order valence-corrected chi connectivity index (χ4v) is 3.99. The molecule has 0 spiro atoms.